The maximum Gasteiger partial charge on any atom is 0.416 e. The fourth-order valence-corrected chi connectivity index (χ4v) is 5.05. The maximum absolute atomic E-state index is 13.0. The first-order chi connectivity index (χ1) is 15.0. The first-order valence-corrected chi connectivity index (χ1v) is 11.0. The lowest BCUT2D eigenvalue weighted by molar-refractivity contribution is -0.137. The van der Waals surface area contributed by atoms with Crippen LogP contribution in [-0.4, -0.2) is 11.5 Å². The van der Waals surface area contributed by atoms with Gasteiger partial charge in [0.05, 0.1) is 17.3 Å². The molecule has 1 aliphatic carbocycles. The van der Waals surface area contributed by atoms with Crippen molar-refractivity contribution in [3.63, 3.8) is 0 Å². The fraction of sp³-hybridized carbons (Fsp3) is 0.346. The largest absolute Gasteiger partial charge is 0.416 e. The summed E-state index contributed by atoms with van der Waals surface area (Å²) in [5.41, 5.74) is 6.29. The molecule has 2 aromatic carbocycles. The molecular formula is C26H25F3N2. The van der Waals surface area contributed by atoms with Crippen LogP contribution in [0.1, 0.15) is 54.1 Å². The van der Waals surface area contributed by atoms with Gasteiger partial charge in [0.15, 0.2) is 0 Å². The minimum atomic E-state index is -4.31. The van der Waals surface area contributed by atoms with Crippen LogP contribution in [0, 0.1) is 0 Å². The molecule has 5 rings (SSSR count). The second-order valence-corrected chi connectivity index (χ2v) is 8.52. The Morgan fingerprint density at radius 3 is 2.42 bits per heavy atom. The summed E-state index contributed by atoms with van der Waals surface area (Å²) in [5, 5.41) is 0. The molecule has 0 radical (unpaired) electrons. The molecule has 1 saturated heterocycles. The summed E-state index contributed by atoms with van der Waals surface area (Å²) in [6, 6.07) is 16.2. The molecule has 3 aromatic rings. The van der Waals surface area contributed by atoms with E-state index in [4.69, 9.17) is 0 Å². The van der Waals surface area contributed by atoms with Gasteiger partial charge in [0, 0.05) is 18.4 Å². The highest BCUT2D eigenvalue weighted by Crippen LogP contribution is 2.42. The number of hydrogen-bond acceptors (Lipinski definition) is 2. The topological polar surface area (TPSA) is 16.1 Å². The van der Waals surface area contributed by atoms with Gasteiger partial charge in [-0.15, -0.1) is 0 Å². The average molecular weight is 422 g/mol. The summed E-state index contributed by atoms with van der Waals surface area (Å²) < 4.78 is 39.0. The van der Waals surface area contributed by atoms with Gasteiger partial charge in [-0.2, -0.15) is 13.2 Å². The van der Waals surface area contributed by atoms with E-state index in [1.807, 2.05) is 18.3 Å². The lowest BCUT2D eigenvalue weighted by Gasteiger charge is -2.32. The molecule has 1 fully saturated rings. The minimum absolute atomic E-state index is 0.245. The Morgan fingerprint density at radius 1 is 0.871 bits per heavy atom. The first kappa shape index (κ1) is 20.1. The molecule has 160 valence electrons. The molecule has 0 bridgehead atoms. The van der Waals surface area contributed by atoms with Crippen LogP contribution < -0.4 is 4.90 Å². The van der Waals surface area contributed by atoms with E-state index in [-0.39, 0.29) is 6.04 Å². The van der Waals surface area contributed by atoms with Gasteiger partial charge in [0.1, 0.15) is 0 Å². The van der Waals surface area contributed by atoms with Crippen molar-refractivity contribution in [2.24, 2.45) is 0 Å². The molecule has 2 aliphatic rings. The van der Waals surface area contributed by atoms with E-state index in [2.05, 4.69) is 28.1 Å². The summed E-state index contributed by atoms with van der Waals surface area (Å²) in [4.78, 5) is 7.09. The molecule has 0 spiro atoms. The summed E-state index contributed by atoms with van der Waals surface area (Å²) in [6.45, 7) is 0.976. The number of alkyl halides is 3. The van der Waals surface area contributed by atoms with Gasteiger partial charge in [0.2, 0.25) is 0 Å². The molecule has 5 heteroatoms. The fourth-order valence-electron chi connectivity index (χ4n) is 5.05. The number of benzene rings is 2. The first-order valence-electron chi connectivity index (χ1n) is 11.0. The smallest absolute Gasteiger partial charge is 0.363 e. The Kier molecular flexibility index (Phi) is 5.20. The van der Waals surface area contributed by atoms with Crippen LogP contribution in [0.15, 0.2) is 60.8 Å². The lowest BCUT2D eigenvalue weighted by Crippen LogP contribution is -2.25. The number of halogens is 3. The van der Waals surface area contributed by atoms with Crippen molar-refractivity contribution in [2.75, 3.05) is 11.4 Å². The number of fused-ring (bicyclic) bond motifs is 1. The Balaban J connectivity index is 1.57. The zero-order chi connectivity index (χ0) is 21.4. The van der Waals surface area contributed by atoms with Crippen LogP contribution in [0.3, 0.4) is 0 Å². The van der Waals surface area contributed by atoms with Crippen molar-refractivity contribution in [3.8, 4) is 11.1 Å². The summed E-state index contributed by atoms with van der Waals surface area (Å²) in [7, 11) is 0. The number of hydrogen-bond donors (Lipinski definition) is 0. The minimum Gasteiger partial charge on any atom is -0.363 e. The highest BCUT2D eigenvalue weighted by molar-refractivity contribution is 5.74. The third kappa shape index (κ3) is 3.93. The molecule has 1 unspecified atom stereocenters. The van der Waals surface area contributed by atoms with Crippen LogP contribution in [-0.2, 0) is 19.0 Å². The SMILES string of the molecule is FC(F)(F)c1ccc(-c2cc3c(c(N4CCCC4c4ccccn4)c2)CCCC3)cc1. The third-order valence-electron chi connectivity index (χ3n) is 6.58. The second kappa shape index (κ2) is 8.03. The average Bonchev–Trinajstić information content (AvgIpc) is 3.28. The van der Waals surface area contributed by atoms with E-state index in [1.165, 1.54) is 35.4 Å². The van der Waals surface area contributed by atoms with E-state index < -0.39 is 11.7 Å². The number of pyridine rings is 1. The van der Waals surface area contributed by atoms with Gasteiger partial charge in [-0.3, -0.25) is 4.98 Å². The lowest BCUT2D eigenvalue weighted by atomic mass is 9.87. The summed E-state index contributed by atoms with van der Waals surface area (Å²) in [5.74, 6) is 0. The third-order valence-corrected chi connectivity index (χ3v) is 6.58. The molecule has 0 saturated carbocycles. The molecule has 1 atom stereocenters. The molecule has 0 N–H and O–H groups in total. The van der Waals surface area contributed by atoms with E-state index in [0.717, 1.165) is 55.5 Å². The normalized spacial score (nSPS) is 18.8. The van der Waals surface area contributed by atoms with Gasteiger partial charge in [-0.1, -0.05) is 24.3 Å². The number of aryl methyl sites for hydroxylation is 1. The Labute approximate surface area is 180 Å². The number of aromatic nitrogens is 1. The van der Waals surface area contributed by atoms with E-state index in [0.29, 0.717) is 0 Å². The van der Waals surface area contributed by atoms with Gasteiger partial charge in [-0.05, 0) is 91.1 Å². The molecule has 2 nitrogen and oxygen atoms in total. The van der Waals surface area contributed by atoms with Crippen LogP contribution in [0.5, 0.6) is 0 Å². The Morgan fingerprint density at radius 2 is 1.68 bits per heavy atom. The van der Waals surface area contributed by atoms with Crippen LogP contribution >= 0.6 is 0 Å². The molecule has 1 aromatic heterocycles. The predicted molar refractivity (Wildman–Crippen MR) is 117 cm³/mol. The highest BCUT2D eigenvalue weighted by atomic mass is 19.4. The van der Waals surface area contributed by atoms with Crippen molar-refractivity contribution in [3.05, 3.63) is 83.2 Å². The van der Waals surface area contributed by atoms with Crippen molar-refractivity contribution >= 4 is 5.69 Å². The van der Waals surface area contributed by atoms with E-state index in [1.54, 1.807) is 12.1 Å². The molecule has 0 amide bonds. The Bertz CT molecular complexity index is 1060. The molecule has 2 heterocycles. The molecule has 31 heavy (non-hydrogen) atoms. The van der Waals surface area contributed by atoms with Gasteiger partial charge < -0.3 is 4.90 Å². The summed E-state index contributed by atoms with van der Waals surface area (Å²) >= 11 is 0. The van der Waals surface area contributed by atoms with Crippen molar-refractivity contribution in [1.29, 1.82) is 0 Å². The number of nitrogens with zero attached hydrogens (tertiary/aromatic N) is 2. The summed E-state index contributed by atoms with van der Waals surface area (Å²) in [6.07, 6.45) is 4.14. The van der Waals surface area contributed by atoms with Crippen LogP contribution in [0.25, 0.3) is 11.1 Å². The van der Waals surface area contributed by atoms with Crippen LogP contribution in [0.2, 0.25) is 0 Å². The van der Waals surface area contributed by atoms with E-state index >= 15 is 0 Å². The van der Waals surface area contributed by atoms with Gasteiger partial charge >= 0.3 is 6.18 Å². The van der Waals surface area contributed by atoms with E-state index in [9.17, 15) is 13.2 Å². The number of anilines is 1. The Hall–Kier alpha value is -2.82. The zero-order valence-corrected chi connectivity index (χ0v) is 17.3. The predicted octanol–water partition coefficient (Wildman–Crippen LogP) is 6.99. The monoisotopic (exact) mass is 422 g/mol. The van der Waals surface area contributed by atoms with Crippen molar-refractivity contribution in [1.82, 2.24) is 4.98 Å². The standard InChI is InChI=1S/C26H25F3N2/c27-26(28,29)21-12-10-18(11-13-21)20-16-19-6-1-2-7-22(19)25(17-20)31-15-5-9-24(31)23-8-3-4-14-30-23/h3-4,8,10-14,16-17,24H,1-2,5-7,9,15H2. The quantitative estimate of drug-likeness (QED) is 0.452. The van der Waals surface area contributed by atoms with Gasteiger partial charge in [-0.25, -0.2) is 0 Å². The maximum atomic E-state index is 13.0. The number of rotatable bonds is 3. The highest BCUT2D eigenvalue weighted by Gasteiger charge is 2.31. The van der Waals surface area contributed by atoms with Crippen molar-refractivity contribution < 1.29 is 13.2 Å². The second-order valence-electron chi connectivity index (χ2n) is 8.52. The van der Waals surface area contributed by atoms with Gasteiger partial charge in [0.25, 0.3) is 0 Å². The molecule has 1 aliphatic heterocycles. The zero-order valence-electron chi connectivity index (χ0n) is 17.3. The van der Waals surface area contributed by atoms with Crippen LogP contribution in [0.4, 0.5) is 18.9 Å². The molecular weight excluding hydrogens is 397 g/mol. The van der Waals surface area contributed by atoms with Crippen molar-refractivity contribution in [2.45, 2.75) is 50.7 Å².